The molecule has 0 fully saturated rings. The van der Waals surface area contributed by atoms with Crippen molar-refractivity contribution in [3.63, 3.8) is 0 Å². The SMILES string of the molecule is CC(C)NCc1cn(C(C)C)c2cc(CN)ccc12. The Morgan fingerprint density at radius 1 is 1.21 bits per heavy atom. The van der Waals surface area contributed by atoms with Gasteiger partial charge in [0, 0.05) is 42.3 Å². The third kappa shape index (κ3) is 2.99. The Balaban J connectivity index is 2.47. The van der Waals surface area contributed by atoms with E-state index < -0.39 is 0 Å². The molecule has 0 aliphatic heterocycles. The molecule has 2 aromatic rings. The Morgan fingerprint density at radius 2 is 1.95 bits per heavy atom. The fourth-order valence-electron chi connectivity index (χ4n) is 2.38. The van der Waals surface area contributed by atoms with E-state index in [9.17, 15) is 0 Å². The first-order valence-electron chi connectivity index (χ1n) is 7.08. The molecule has 3 nitrogen and oxygen atoms in total. The summed E-state index contributed by atoms with van der Waals surface area (Å²) in [7, 11) is 0. The lowest BCUT2D eigenvalue weighted by Crippen LogP contribution is -2.21. The fourth-order valence-corrected chi connectivity index (χ4v) is 2.38. The van der Waals surface area contributed by atoms with E-state index in [1.165, 1.54) is 22.0 Å². The zero-order chi connectivity index (χ0) is 14.0. The van der Waals surface area contributed by atoms with Gasteiger partial charge in [0.05, 0.1) is 0 Å². The number of hydrogen-bond acceptors (Lipinski definition) is 2. The molecule has 1 heterocycles. The first-order chi connectivity index (χ1) is 9.02. The predicted molar refractivity (Wildman–Crippen MR) is 82.2 cm³/mol. The minimum absolute atomic E-state index is 0.461. The highest BCUT2D eigenvalue weighted by atomic mass is 15.0. The van der Waals surface area contributed by atoms with Crippen LogP contribution in [0.15, 0.2) is 24.4 Å². The van der Waals surface area contributed by atoms with Gasteiger partial charge in [0.15, 0.2) is 0 Å². The van der Waals surface area contributed by atoms with E-state index in [4.69, 9.17) is 5.73 Å². The lowest BCUT2D eigenvalue weighted by atomic mass is 10.1. The van der Waals surface area contributed by atoms with Gasteiger partial charge in [0.2, 0.25) is 0 Å². The minimum Gasteiger partial charge on any atom is -0.345 e. The van der Waals surface area contributed by atoms with Crippen molar-refractivity contribution < 1.29 is 0 Å². The number of hydrogen-bond donors (Lipinski definition) is 2. The number of benzene rings is 1. The summed E-state index contributed by atoms with van der Waals surface area (Å²) in [6.45, 7) is 10.3. The molecular formula is C16H25N3. The second-order valence-electron chi connectivity index (χ2n) is 5.75. The van der Waals surface area contributed by atoms with Gasteiger partial charge in [-0.2, -0.15) is 0 Å². The average Bonchev–Trinajstić information content (AvgIpc) is 2.74. The normalized spacial score (nSPS) is 11.9. The third-order valence-electron chi connectivity index (χ3n) is 3.47. The number of nitrogens with zero attached hydrogens (tertiary/aromatic N) is 1. The maximum Gasteiger partial charge on any atom is 0.0489 e. The Morgan fingerprint density at radius 3 is 2.53 bits per heavy atom. The fraction of sp³-hybridized carbons (Fsp3) is 0.500. The van der Waals surface area contributed by atoms with Gasteiger partial charge in [-0.15, -0.1) is 0 Å². The smallest absolute Gasteiger partial charge is 0.0489 e. The van der Waals surface area contributed by atoms with Crippen molar-refractivity contribution in [3.8, 4) is 0 Å². The summed E-state index contributed by atoms with van der Waals surface area (Å²) >= 11 is 0. The molecule has 0 unspecified atom stereocenters. The zero-order valence-electron chi connectivity index (χ0n) is 12.4. The largest absolute Gasteiger partial charge is 0.345 e. The van der Waals surface area contributed by atoms with Gasteiger partial charge >= 0.3 is 0 Å². The molecule has 1 aromatic carbocycles. The van der Waals surface area contributed by atoms with Crippen LogP contribution in [0.4, 0.5) is 0 Å². The molecule has 0 aliphatic rings. The molecule has 2 rings (SSSR count). The summed E-state index contributed by atoms with van der Waals surface area (Å²) in [5, 5.41) is 4.83. The number of aromatic nitrogens is 1. The molecule has 1 aromatic heterocycles. The van der Waals surface area contributed by atoms with Crippen LogP contribution in [0.5, 0.6) is 0 Å². The summed E-state index contributed by atoms with van der Waals surface area (Å²) in [6, 6.07) is 7.51. The quantitative estimate of drug-likeness (QED) is 0.866. The van der Waals surface area contributed by atoms with Crippen molar-refractivity contribution in [1.29, 1.82) is 0 Å². The standard InChI is InChI=1S/C16H25N3/c1-11(2)18-9-14-10-19(12(3)4)16-7-13(8-17)5-6-15(14)16/h5-7,10-12,18H,8-9,17H2,1-4H3. The van der Waals surface area contributed by atoms with Gasteiger partial charge in [-0.1, -0.05) is 26.0 Å². The first kappa shape index (κ1) is 14.1. The van der Waals surface area contributed by atoms with Gasteiger partial charge in [0.25, 0.3) is 0 Å². The number of rotatable bonds is 5. The van der Waals surface area contributed by atoms with E-state index in [2.05, 4.69) is 62.0 Å². The number of nitrogens with two attached hydrogens (primary N) is 1. The summed E-state index contributed by atoms with van der Waals surface area (Å²) in [4.78, 5) is 0. The van der Waals surface area contributed by atoms with Crippen molar-refractivity contribution in [2.75, 3.05) is 0 Å². The number of fused-ring (bicyclic) bond motifs is 1. The first-order valence-corrected chi connectivity index (χ1v) is 7.08. The molecule has 0 amide bonds. The maximum atomic E-state index is 5.75. The Kier molecular flexibility index (Phi) is 4.27. The highest BCUT2D eigenvalue weighted by Crippen LogP contribution is 2.26. The van der Waals surface area contributed by atoms with Gasteiger partial charge < -0.3 is 15.6 Å². The van der Waals surface area contributed by atoms with E-state index in [1.807, 2.05) is 0 Å². The predicted octanol–water partition coefficient (Wildman–Crippen LogP) is 3.18. The van der Waals surface area contributed by atoms with Crippen LogP contribution >= 0.6 is 0 Å². The van der Waals surface area contributed by atoms with Crippen LogP contribution in [0.3, 0.4) is 0 Å². The average molecular weight is 259 g/mol. The maximum absolute atomic E-state index is 5.75. The lowest BCUT2D eigenvalue weighted by molar-refractivity contribution is 0.583. The van der Waals surface area contributed by atoms with Crippen LogP contribution in [-0.2, 0) is 13.1 Å². The summed E-state index contributed by atoms with van der Waals surface area (Å²) in [5.41, 5.74) is 9.59. The Bertz CT molecular complexity index is 552. The molecular weight excluding hydrogens is 234 g/mol. The van der Waals surface area contributed by atoms with Crippen LogP contribution in [0.1, 0.15) is 44.9 Å². The molecule has 19 heavy (non-hydrogen) atoms. The van der Waals surface area contributed by atoms with Gasteiger partial charge in [0.1, 0.15) is 0 Å². The van der Waals surface area contributed by atoms with E-state index in [1.54, 1.807) is 0 Å². The van der Waals surface area contributed by atoms with E-state index in [0.29, 0.717) is 18.6 Å². The molecule has 0 saturated carbocycles. The van der Waals surface area contributed by atoms with E-state index >= 15 is 0 Å². The molecule has 0 radical (unpaired) electrons. The minimum atomic E-state index is 0.461. The Hall–Kier alpha value is -1.32. The van der Waals surface area contributed by atoms with Gasteiger partial charge in [-0.25, -0.2) is 0 Å². The lowest BCUT2D eigenvalue weighted by Gasteiger charge is -2.09. The summed E-state index contributed by atoms with van der Waals surface area (Å²) in [6.07, 6.45) is 2.27. The molecule has 0 spiro atoms. The molecule has 0 bridgehead atoms. The van der Waals surface area contributed by atoms with Crippen molar-refractivity contribution in [2.45, 2.75) is 52.9 Å². The third-order valence-corrected chi connectivity index (χ3v) is 3.47. The summed E-state index contributed by atoms with van der Waals surface area (Å²) in [5.74, 6) is 0. The van der Waals surface area contributed by atoms with Crippen molar-refractivity contribution in [1.82, 2.24) is 9.88 Å². The molecule has 104 valence electrons. The second-order valence-corrected chi connectivity index (χ2v) is 5.75. The zero-order valence-corrected chi connectivity index (χ0v) is 12.4. The second kappa shape index (κ2) is 5.76. The van der Waals surface area contributed by atoms with Gasteiger partial charge in [-0.3, -0.25) is 0 Å². The molecule has 3 N–H and O–H groups in total. The van der Waals surface area contributed by atoms with Gasteiger partial charge in [-0.05, 0) is 31.0 Å². The molecule has 0 atom stereocenters. The van der Waals surface area contributed by atoms with Crippen LogP contribution in [0, 0.1) is 0 Å². The molecule has 3 heteroatoms. The van der Waals surface area contributed by atoms with E-state index in [-0.39, 0.29) is 0 Å². The Labute approximate surface area is 115 Å². The topological polar surface area (TPSA) is 43.0 Å². The monoisotopic (exact) mass is 259 g/mol. The van der Waals surface area contributed by atoms with Crippen molar-refractivity contribution in [2.24, 2.45) is 5.73 Å². The van der Waals surface area contributed by atoms with Crippen molar-refractivity contribution >= 4 is 10.9 Å². The van der Waals surface area contributed by atoms with Crippen LogP contribution in [-0.4, -0.2) is 10.6 Å². The highest BCUT2D eigenvalue weighted by Gasteiger charge is 2.11. The van der Waals surface area contributed by atoms with Crippen molar-refractivity contribution in [3.05, 3.63) is 35.5 Å². The van der Waals surface area contributed by atoms with Crippen LogP contribution < -0.4 is 11.1 Å². The highest BCUT2D eigenvalue weighted by molar-refractivity contribution is 5.84. The number of nitrogens with one attached hydrogen (secondary N) is 1. The van der Waals surface area contributed by atoms with Crippen LogP contribution in [0.2, 0.25) is 0 Å². The summed E-state index contributed by atoms with van der Waals surface area (Å²) < 4.78 is 2.34. The molecule has 0 aliphatic carbocycles. The van der Waals surface area contributed by atoms with Crippen LogP contribution in [0.25, 0.3) is 10.9 Å². The van der Waals surface area contributed by atoms with E-state index in [0.717, 1.165) is 6.54 Å². The molecule has 0 saturated heterocycles.